The van der Waals surface area contributed by atoms with E-state index in [1.807, 2.05) is 43.5 Å². The highest BCUT2D eigenvalue weighted by Crippen LogP contribution is 2.23. The first-order valence-corrected chi connectivity index (χ1v) is 6.22. The van der Waals surface area contributed by atoms with Crippen LogP contribution in [-0.2, 0) is 6.42 Å². The largest absolute Gasteiger partial charge is 0.442 e. The van der Waals surface area contributed by atoms with Gasteiger partial charge in [0.1, 0.15) is 5.69 Å². The van der Waals surface area contributed by atoms with Crippen molar-refractivity contribution in [3.05, 3.63) is 71.9 Å². The third-order valence-electron chi connectivity index (χ3n) is 3.00. The summed E-state index contributed by atoms with van der Waals surface area (Å²) in [6, 6.07) is 14.2. The lowest BCUT2D eigenvalue weighted by Gasteiger charge is -2.01. The monoisotopic (exact) mass is 250 g/mol. The van der Waals surface area contributed by atoms with Gasteiger partial charge < -0.3 is 4.42 Å². The molecule has 3 heteroatoms. The highest BCUT2D eigenvalue weighted by Gasteiger charge is 2.12. The average molecular weight is 250 g/mol. The summed E-state index contributed by atoms with van der Waals surface area (Å²) < 4.78 is 5.49. The Bertz CT molecular complexity index is 657. The summed E-state index contributed by atoms with van der Waals surface area (Å²) in [5.74, 6) is 0.754. The highest BCUT2D eigenvalue weighted by molar-refractivity contribution is 5.55. The Kier molecular flexibility index (Phi) is 3.11. The van der Waals surface area contributed by atoms with Crippen molar-refractivity contribution in [1.29, 1.82) is 0 Å². The molecule has 0 fully saturated rings. The Morgan fingerprint density at radius 2 is 1.84 bits per heavy atom. The predicted octanol–water partition coefficient (Wildman–Crippen LogP) is 3.64. The number of rotatable bonds is 3. The standard InChI is InChI=1S/C16H14N2O/c1-12-7-8-14(17-10-12)16-15(18-11-19-16)9-13-5-3-2-4-6-13/h2-8,10-11H,9H2,1H3. The van der Waals surface area contributed by atoms with Crippen molar-refractivity contribution in [2.24, 2.45) is 0 Å². The third kappa shape index (κ3) is 2.55. The minimum atomic E-state index is 0.752. The van der Waals surface area contributed by atoms with E-state index in [4.69, 9.17) is 4.42 Å². The molecule has 3 nitrogen and oxygen atoms in total. The van der Waals surface area contributed by atoms with E-state index < -0.39 is 0 Å². The van der Waals surface area contributed by atoms with Gasteiger partial charge in [-0.15, -0.1) is 0 Å². The van der Waals surface area contributed by atoms with Gasteiger partial charge in [0, 0.05) is 12.6 Å². The van der Waals surface area contributed by atoms with Crippen molar-refractivity contribution in [3.63, 3.8) is 0 Å². The molecule has 0 saturated carbocycles. The summed E-state index contributed by atoms with van der Waals surface area (Å²) in [6.45, 7) is 2.02. The van der Waals surface area contributed by atoms with Crippen LogP contribution in [0.25, 0.3) is 11.5 Å². The number of aromatic nitrogens is 2. The fraction of sp³-hybridized carbons (Fsp3) is 0.125. The number of hydrogen-bond acceptors (Lipinski definition) is 3. The minimum absolute atomic E-state index is 0.752. The van der Waals surface area contributed by atoms with E-state index in [1.165, 1.54) is 12.0 Å². The summed E-state index contributed by atoms with van der Waals surface area (Å²) in [6.07, 6.45) is 4.07. The van der Waals surface area contributed by atoms with Gasteiger partial charge in [0.15, 0.2) is 12.2 Å². The SMILES string of the molecule is Cc1ccc(-c2ocnc2Cc2ccccc2)nc1. The van der Waals surface area contributed by atoms with Crippen LogP contribution in [0.5, 0.6) is 0 Å². The Morgan fingerprint density at radius 3 is 2.58 bits per heavy atom. The molecule has 3 aromatic rings. The Hall–Kier alpha value is -2.42. The maximum absolute atomic E-state index is 5.49. The van der Waals surface area contributed by atoms with Crippen molar-refractivity contribution in [1.82, 2.24) is 9.97 Å². The molecule has 3 rings (SSSR count). The zero-order valence-corrected chi connectivity index (χ0v) is 10.7. The Morgan fingerprint density at radius 1 is 1.00 bits per heavy atom. The number of aryl methyl sites for hydroxylation is 1. The second kappa shape index (κ2) is 5.06. The first kappa shape index (κ1) is 11.7. The van der Waals surface area contributed by atoms with Crippen LogP contribution < -0.4 is 0 Å². The Balaban J connectivity index is 1.92. The first-order valence-electron chi connectivity index (χ1n) is 6.22. The number of pyridine rings is 1. The molecule has 0 unspecified atom stereocenters. The molecule has 0 bridgehead atoms. The molecular formula is C16H14N2O. The molecule has 0 aliphatic heterocycles. The first-order chi connectivity index (χ1) is 9.33. The number of nitrogens with zero attached hydrogens (tertiary/aromatic N) is 2. The van der Waals surface area contributed by atoms with Crippen LogP contribution >= 0.6 is 0 Å². The van der Waals surface area contributed by atoms with Crippen LogP contribution in [0, 0.1) is 6.92 Å². The predicted molar refractivity (Wildman–Crippen MR) is 73.7 cm³/mol. The van der Waals surface area contributed by atoms with Crippen LogP contribution in [0.3, 0.4) is 0 Å². The second-order valence-corrected chi connectivity index (χ2v) is 4.51. The quantitative estimate of drug-likeness (QED) is 0.712. The van der Waals surface area contributed by atoms with Crippen LogP contribution in [0.15, 0.2) is 59.5 Å². The number of hydrogen-bond donors (Lipinski definition) is 0. The summed E-state index contributed by atoms with van der Waals surface area (Å²) in [7, 11) is 0. The van der Waals surface area contributed by atoms with E-state index in [9.17, 15) is 0 Å². The maximum Gasteiger partial charge on any atom is 0.181 e. The fourth-order valence-electron chi connectivity index (χ4n) is 1.99. The van der Waals surface area contributed by atoms with E-state index in [0.29, 0.717) is 0 Å². The fourth-order valence-corrected chi connectivity index (χ4v) is 1.99. The van der Waals surface area contributed by atoms with E-state index >= 15 is 0 Å². The van der Waals surface area contributed by atoms with E-state index in [-0.39, 0.29) is 0 Å². The number of benzene rings is 1. The van der Waals surface area contributed by atoms with Gasteiger partial charge in [-0.25, -0.2) is 4.98 Å². The molecule has 0 aliphatic rings. The normalized spacial score (nSPS) is 10.6. The maximum atomic E-state index is 5.49. The van der Waals surface area contributed by atoms with Crippen LogP contribution in [0.4, 0.5) is 0 Å². The minimum Gasteiger partial charge on any atom is -0.442 e. The summed E-state index contributed by atoms with van der Waals surface area (Å²) in [4.78, 5) is 8.69. The van der Waals surface area contributed by atoms with E-state index in [0.717, 1.165) is 29.1 Å². The molecule has 2 heterocycles. The molecule has 0 radical (unpaired) electrons. The number of oxazole rings is 1. The van der Waals surface area contributed by atoms with Crippen LogP contribution in [-0.4, -0.2) is 9.97 Å². The molecular weight excluding hydrogens is 236 g/mol. The van der Waals surface area contributed by atoms with E-state index in [2.05, 4.69) is 22.1 Å². The second-order valence-electron chi connectivity index (χ2n) is 4.51. The lowest BCUT2D eigenvalue weighted by atomic mass is 10.1. The zero-order valence-electron chi connectivity index (χ0n) is 10.7. The lowest BCUT2D eigenvalue weighted by Crippen LogP contribution is -1.92. The highest BCUT2D eigenvalue weighted by atomic mass is 16.3. The zero-order chi connectivity index (χ0) is 13.1. The molecule has 1 aromatic carbocycles. The molecule has 0 aliphatic carbocycles. The summed E-state index contributed by atoms with van der Waals surface area (Å²) >= 11 is 0. The van der Waals surface area contributed by atoms with Gasteiger partial charge in [0.25, 0.3) is 0 Å². The van der Waals surface area contributed by atoms with Gasteiger partial charge in [-0.3, -0.25) is 4.98 Å². The third-order valence-corrected chi connectivity index (χ3v) is 3.00. The van der Waals surface area contributed by atoms with Gasteiger partial charge in [0.05, 0.1) is 5.69 Å². The lowest BCUT2D eigenvalue weighted by molar-refractivity contribution is 0.569. The van der Waals surface area contributed by atoms with Crippen molar-refractivity contribution in [3.8, 4) is 11.5 Å². The molecule has 0 N–H and O–H groups in total. The molecule has 0 saturated heterocycles. The van der Waals surface area contributed by atoms with Crippen LogP contribution in [0.2, 0.25) is 0 Å². The molecule has 0 spiro atoms. The average Bonchev–Trinajstić information content (AvgIpc) is 2.89. The smallest absolute Gasteiger partial charge is 0.181 e. The van der Waals surface area contributed by atoms with Crippen molar-refractivity contribution in [2.45, 2.75) is 13.3 Å². The van der Waals surface area contributed by atoms with Crippen molar-refractivity contribution in [2.75, 3.05) is 0 Å². The van der Waals surface area contributed by atoms with Gasteiger partial charge in [-0.05, 0) is 24.1 Å². The molecule has 94 valence electrons. The van der Waals surface area contributed by atoms with Gasteiger partial charge >= 0.3 is 0 Å². The topological polar surface area (TPSA) is 38.9 Å². The molecule has 2 aromatic heterocycles. The molecule has 0 amide bonds. The summed E-state index contributed by atoms with van der Waals surface area (Å²) in [5.41, 5.74) is 4.09. The van der Waals surface area contributed by atoms with Crippen molar-refractivity contribution < 1.29 is 4.42 Å². The van der Waals surface area contributed by atoms with Gasteiger partial charge in [-0.1, -0.05) is 36.4 Å². The Labute approximate surface area is 112 Å². The molecule has 0 atom stereocenters. The van der Waals surface area contributed by atoms with Gasteiger partial charge in [-0.2, -0.15) is 0 Å². The van der Waals surface area contributed by atoms with Crippen LogP contribution in [0.1, 0.15) is 16.8 Å². The van der Waals surface area contributed by atoms with Gasteiger partial charge in [0.2, 0.25) is 0 Å². The molecule has 19 heavy (non-hydrogen) atoms. The summed E-state index contributed by atoms with van der Waals surface area (Å²) in [5, 5.41) is 0. The van der Waals surface area contributed by atoms with E-state index in [1.54, 1.807) is 0 Å². The van der Waals surface area contributed by atoms with Crippen molar-refractivity contribution >= 4 is 0 Å².